The predicted molar refractivity (Wildman–Crippen MR) is 130 cm³/mol. The van der Waals surface area contributed by atoms with Gasteiger partial charge in [0, 0.05) is 11.1 Å². The molecule has 4 rings (SSSR count). The Balaban J connectivity index is 1.38. The lowest BCUT2D eigenvalue weighted by molar-refractivity contribution is 0.0736. The van der Waals surface area contributed by atoms with Gasteiger partial charge in [-0.3, -0.25) is 0 Å². The van der Waals surface area contributed by atoms with Gasteiger partial charge in [0.2, 0.25) is 11.6 Å². The Morgan fingerprint density at radius 3 is 1.80 bits per heavy atom. The van der Waals surface area contributed by atoms with E-state index in [0.29, 0.717) is 18.4 Å². The summed E-state index contributed by atoms with van der Waals surface area (Å²) in [5.41, 5.74) is -0.712. The van der Waals surface area contributed by atoms with E-state index in [1.807, 2.05) is 0 Å². The summed E-state index contributed by atoms with van der Waals surface area (Å²) < 4.78 is 69.1. The number of hydrogen-bond donors (Lipinski definition) is 0. The second-order valence-corrected chi connectivity index (χ2v) is 10.2. The Kier molecular flexibility index (Phi) is 8.61. The summed E-state index contributed by atoms with van der Waals surface area (Å²) in [7, 11) is 0. The zero-order valence-electron chi connectivity index (χ0n) is 20.7. The fourth-order valence-corrected chi connectivity index (χ4v) is 6.06. The van der Waals surface area contributed by atoms with E-state index in [0.717, 1.165) is 24.7 Å². The van der Waals surface area contributed by atoms with Gasteiger partial charge in [-0.2, -0.15) is 8.78 Å². The van der Waals surface area contributed by atoms with E-state index in [1.54, 1.807) is 6.92 Å². The Bertz CT molecular complexity index is 1010. The fraction of sp³-hybridized carbons (Fsp3) is 0.586. The SMILES string of the molecule is CCCCC1CCC2CC(COc3ccc(-c4ccc(OCC)c(F)c4F)c(F)c3F)CCC2C1. The lowest BCUT2D eigenvalue weighted by atomic mass is 9.64. The van der Waals surface area contributed by atoms with Gasteiger partial charge in [0.05, 0.1) is 13.2 Å². The molecule has 2 aliphatic rings. The maximum absolute atomic E-state index is 14.8. The van der Waals surface area contributed by atoms with Crippen LogP contribution < -0.4 is 9.47 Å². The van der Waals surface area contributed by atoms with Gasteiger partial charge in [-0.25, -0.2) is 8.78 Å². The molecule has 0 aliphatic heterocycles. The Morgan fingerprint density at radius 1 is 0.686 bits per heavy atom. The topological polar surface area (TPSA) is 18.5 Å². The first-order chi connectivity index (χ1) is 16.9. The molecule has 2 nitrogen and oxygen atoms in total. The van der Waals surface area contributed by atoms with Crippen molar-refractivity contribution in [2.24, 2.45) is 23.7 Å². The second kappa shape index (κ2) is 11.7. The molecule has 0 spiro atoms. The number of fused-ring (bicyclic) bond motifs is 1. The van der Waals surface area contributed by atoms with E-state index in [2.05, 4.69) is 6.92 Å². The smallest absolute Gasteiger partial charge is 0.201 e. The molecule has 0 amide bonds. The molecule has 0 heterocycles. The summed E-state index contributed by atoms with van der Waals surface area (Å²) in [4.78, 5) is 0. The zero-order chi connectivity index (χ0) is 24.9. The van der Waals surface area contributed by atoms with Crippen LogP contribution >= 0.6 is 0 Å². The normalized spacial score (nSPS) is 24.2. The highest BCUT2D eigenvalue weighted by molar-refractivity contribution is 5.67. The summed E-state index contributed by atoms with van der Waals surface area (Å²) in [6.07, 6.45) is 11.1. The van der Waals surface area contributed by atoms with E-state index in [1.165, 1.54) is 69.2 Å². The Labute approximate surface area is 206 Å². The van der Waals surface area contributed by atoms with E-state index < -0.39 is 23.3 Å². The van der Waals surface area contributed by atoms with Gasteiger partial charge in [0.25, 0.3) is 0 Å². The summed E-state index contributed by atoms with van der Waals surface area (Å²) >= 11 is 0. The van der Waals surface area contributed by atoms with Crippen molar-refractivity contribution >= 4 is 0 Å². The highest BCUT2D eigenvalue weighted by Crippen LogP contribution is 2.46. The van der Waals surface area contributed by atoms with Crippen molar-refractivity contribution in [1.29, 1.82) is 0 Å². The molecule has 35 heavy (non-hydrogen) atoms. The largest absolute Gasteiger partial charge is 0.491 e. The van der Waals surface area contributed by atoms with Crippen LogP contribution in [0.4, 0.5) is 17.6 Å². The van der Waals surface area contributed by atoms with Crippen LogP contribution in [0.1, 0.15) is 71.6 Å². The van der Waals surface area contributed by atoms with Crippen molar-refractivity contribution in [2.45, 2.75) is 71.6 Å². The third kappa shape index (κ3) is 5.78. The van der Waals surface area contributed by atoms with Crippen molar-refractivity contribution < 1.29 is 27.0 Å². The molecule has 2 fully saturated rings. The van der Waals surface area contributed by atoms with Gasteiger partial charge in [0.15, 0.2) is 23.1 Å². The number of unbranched alkanes of at least 4 members (excludes halogenated alkanes) is 1. The minimum absolute atomic E-state index is 0.159. The van der Waals surface area contributed by atoms with Gasteiger partial charge in [-0.15, -0.1) is 0 Å². The van der Waals surface area contributed by atoms with E-state index in [9.17, 15) is 17.6 Å². The molecule has 0 aromatic heterocycles. The summed E-state index contributed by atoms with van der Waals surface area (Å²) in [5.74, 6) is -2.70. The summed E-state index contributed by atoms with van der Waals surface area (Å²) in [6, 6.07) is 4.94. The van der Waals surface area contributed by atoms with Gasteiger partial charge < -0.3 is 9.47 Å². The van der Waals surface area contributed by atoms with Crippen LogP contribution in [0.15, 0.2) is 24.3 Å². The second-order valence-electron chi connectivity index (χ2n) is 10.2. The number of rotatable bonds is 9. The predicted octanol–water partition coefficient (Wildman–Crippen LogP) is 8.71. The molecular formula is C29H36F4O2. The van der Waals surface area contributed by atoms with Gasteiger partial charge in [0.1, 0.15) is 0 Å². The van der Waals surface area contributed by atoms with Crippen LogP contribution in [0.25, 0.3) is 11.1 Å². The maximum atomic E-state index is 14.8. The molecule has 2 saturated carbocycles. The molecular weight excluding hydrogens is 456 g/mol. The maximum Gasteiger partial charge on any atom is 0.201 e. The van der Waals surface area contributed by atoms with Crippen LogP contribution in [0.5, 0.6) is 11.5 Å². The van der Waals surface area contributed by atoms with Crippen molar-refractivity contribution in [3.63, 3.8) is 0 Å². The van der Waals surface area contributed by atoms with Crippen LogP contribution in [0.2, 0.25) is 0 Å². The molecule has 192 valence electrons. The number of ether oxygens (including phenoxy) is 2. The standard InChI is InChI=1S/C29H36F4O2/c1-3-5-6-18-7-9-21-16-19(8-10-20(21)15-18)17-35-25-14-12-23(27(31)29(25)33)22-11-13-24(34-4-2)28(32)26(22)30/h11-14,18-21H,3-10,15-17H2,1-2H3. The highest BCUT2D eigenvalue weighted by Gasteiger charge is 2.35. The van der Waals surface area contributed by atoms with Gasteiger partial charge in [-0.1, -0.05) is 32.6 Å². The lowest BCUT2D eigenvalue weighted by Crippen LogP contribution is -2.33. The van der Waals surface area contributed by atoms with Crippen molar-refractivity contribution in [1.82, 2.24) is 0 Å². The minimum atomic E-state index is -1.27. The molecule has 2 aromatic rings. The average molecular weight is 493 g/mol. The van der Waals surface area contributed by atoms with Crippen molar-refractivity contribution in [3.8, 4) is 22.6 Å². The van der Waals surface area contributed by atoms with Gasteiger partial charge in [-0.05, 0) is 87.0 Å². The lowest BCUT2D eigenvalue weighted by Gasteiger charge is -2.42. The van der Waals surface area contributed by atoms with E-state index in [4.69, 9.17) is 9.47 Å². The van der Waals surface area contributed by atoms with Crippen LogP contribution in [-0.2, 0) is 0 Å². The molecule has 0 N–H and O–H groups in total. The third-order valence-corrected chi connectivity index (χ3v) is 7.95. The van der Waals surface area contributed by atoms with Crippen molar-refractivity contribution in [3.05, 3.63) is 47.5 Å². The van der Waals surface area contributed by atoms with Crippen molar-refractivity contribution in [2.75, 3.05) is 13.2 Å². The first-order valence-electron chi connectivity index (χ1n) is 13.1. The van der Waals surface area contributed by atoms with E-state index >= 15 is 0 Å². The number of benzene rings is 2. The Hall–Kier alpha value is -2.24. The van der Waals surface area contributed by atoms with Gasteiger partial charge >= 0.3 is 0 Å². The fourth-order valence-electron chi connectivity index (χ4n) is 6.06. The first-order valence-corrected chi connectivity index (χ1v) is 13.1. The third-order valence-electron chi connectivity index (χ3n) is 7.95. The highest BCUT2D eigenvalue weighted by atomic mass is 19.2. The molecule has 6 heteroatoms. The molecule has 2 aliphatic carbocycles. The Morgan fingerprint density at radius 2 is 1.23 bits per heavy atom. The molecule has 0 radical (unpaired) electrons. The summed E-state index contributed by atoms with van der Waals surface area (Å²) in [5, 5.41) is 0. The monoisotopic (exact) mass is 492 g/mol. The molecule has 4 unspecified atom stereocenters. The quantitative estimate of drug-likeness (QED) is 0.326. The zero-order valence-corrected chi connectivity index (χ0v) is 20.7. The molecule has 2 aromatic carbocycles. The van der Waals surface area contributed by atoms with E-state index in [-0.39, 0.29) is 29.2 Å². The number of halogens is 4. The first kappa shape index (κ1) is 25.8. The number of hydrogen-bond acceptors (Lipinski definition) is 2. The molecule has 0 saturated heterocycles. The minimum Gasteiger partial charge on any atom is -0.491 e. The van der Waals surface area contributed by atoms with Crippen LogP contribution in [0.3, 0.4) is 0 Å². The summed E-state index contributed by atoms with van der Waals surface area (Å²) in [6.45, 7) is 4.39. The molecule has 4 atom stereocenters. The van der Waals surface area contributed by atoms with Crippen LogP contribution in [0, 0.1) is 46.9 Å². The van der Waals surface area contributed by atoms with Crippen LogP contribution in [-0.4, -0.2) is 13.2 Å². The molecule has 0 bridgehead atoms. The average Bonchev–Trinajstić information content (AvgIpc) is 2.87.